The van der Waals surface area contributed by atoms with Crippen LogP contribution < -0.4 is 0 Å². The van der Waals surface area contributed by atoms with Gasteiger partial charge in [0.05, 0.1) is 0 Å². The summed E-state index contributed by atoms with van der Waals surface area (Å²) in [5.41, 5.74) is 0. The molecule has 0 unspecified atom stereocenters. The summed E-state index contributed by atoms with van der Waals surface area (Å²) in [4.78, 5) is 11.0. The average molecular weight is 152 g/mol. The van der Waals surface area contributed by atoms with Crippen LogP contribution in [0.2, 0.25) is 0 Å². The van der Waals surface area contributed by atoms with Crippen molar-refractivity contribution in [2.24, 2.45) is 0 Å². The molecule has 62 valence electrons. The van der Waals surface area contributed by atoms with Crippen LogP contribution in [0.15, 0.2) is 0 Å². The van der Waals surface area contributed by atoms with Crippen LogP contribution in [0.1, 0.15) is 45.4 Å². The second-order valence-corrected chi connectivity index (χ2v) is 2.70. The van der Waals surface area contributed by atoms with Crippen LogP contribution in [-0.4, -0.2) is 5.78 Å². The van der Waals surface area contributed by atoms with Crippen LogP contribution >= 0.6 is 0 Å². The van der Waals surface area contributed by atoms with E-state index < -0.39 is 0 Å². The fourth-order valence-electron chi connectivity index (χ4n) is 0.887. The van der Waals surface area contributed by atoms with Crippen molar-refractivity contribution >= 4 is 5.78 Å². The highest BCUT2D eigenvalue weighted by molar-refractivity contribution is 5.78. The predicted molar refractivity (Wildman–Crippen MR) is 47.2 cm³/mol. The maximum atomic E-state index is 11.0. The molecule has 0 atom stereocenters. The molecule has 0 radical (unpaired) electrons. The zero-order chi connectivity index (χ0) is 8.53. The SMILES string of the molecule is C#CCCCC(=O)CCCC. The Bertz CT molecular complexity index is 141. The summed E-state index contributed by atoms with van der Waals surface area (Å²) in [6, 6.07) is 0. The van der Waals surface area contributed by atoms with Gasteiger partial charge in [-0.3, -0.25) is 4.79 Å². The van der Waals surface area contributed by atoms with Gasteiger partial charge in [-0.1, -0.05) is 13.3 Å². The van der Waals surface area contributed by atoms with E-state index in [1.54, 1.807) is 0 Å². The van der Waals surface area contributed by atoms with E-state index in [4.69, 9.17) is 6.42 Å². The molecule has 0 aromatic rings. The van der Waals surface area contributed by atoms with Crippen LogP contribution in [0.5, 0.6) is 0 Å². The van der Waals surface area contributed by atoms with Crippen molar-refractivity contribution in [2.75, 3.05) is 0 Å². The number of terminal acetylenes is 1. The van der Waals surface area contributed by atoms with Gasteiger partial charge < -0.3 is 0 Å². The van der Waals surface area contributed by atoms with Crippen LogP contribution in [0.3, 0.4) is 0 Å². The predicted octanol–water partition coefficient (Wildman–Crippen LogP) is 2.55. The Hall–Kier alpha value is -0.770. The molecule has 0 spiro atoms. The van der Waals surface area contributed by atoms with Gasteiger partial charge in [-0.2, -0.15) is 0 Å². The maximum Gasteiger partial charge on any atom is 0.132 e. The molecule has 11 heavy (non-hydrogen) atoms. The van der Waals surface area contributed by atoms with E-state index in [1.165, 1.54) is 0 Å². The Kier molecular flexibility index (Phi) is 6.82. The minimum absolute atomic E-state index is 0.363. The van der Waals surface area contributed by atoms with Crippen molar-refractivity contribution in [3.05, 3.63) is 0 Å². The smallest absolute Gasteiger partial charge is 0.132 e. The van der Waals surface area contributed by atoms with Gasteiger partial charge in [-0.15, -0.1) is 12.3 Å². The van der Waals surface area contributed by atoms with Crippen molar-refractivity contribution in [3.63, 3.8) is 0 Å². The van der Waals surface area contributed by atoms with Gasteiger partial charge in [-0.25, -0.2) is 0 Å². The summed E-state index contributed by atoms with van der Waals surface area (Å²) in [6.07, 6.45) is 10.2. The Morgan fingerprint density at radius 3 is 2.55 bits per heavy atom. The summed E-state index contributed by atoms with van der Waals surface area (Å²) >= 11 is 0. The van der Waals surface area contributed by atoms with E-state index in [0.717, 1.165) is 32.1 Å². The Labute approximate surface area is 69.2 Å². The van der Waals surface area contributed by atoms with E-state index in [0.29, 0.717) is 12.2 Å². The zero-order valence-electron chi connectivity index (χ0n) is 7.23. The van der Waals surface area contributed by atoms with Gasteiger partial charge in [0.1, 0.15) is 5.78 Å². The van der Waals surface area contributed by atoms with Crippen LogP contribution in [0.4, 0.5) is 0 Å². The van der Waals surface area contributed by atoms with Gasteiger partial charge in [-0.05, 0) is 12.8 Å². The number of carbonyl (C=O) groups is 1. The fourth-order valence-corrected chi connectivity index (χ4v) is 0.887. The van der Waals surface area contributed by atoms with Gasteiger partial charge in [0.2, 0.25) is 0 Å². The third-order valence-corrected chi connectivity index (χ3v) is 1.59. The highest BCUT2D eigenvalue weighted by Crippen LogP contribution is 2.02. The molecule has 0 bridgehead atoms. The van der Waals surface area contributed by atoms with E-state index in [-0.39, 0.29) is 0 Å². The Morgan fingerprint density at radius 2 is 2.00 bits per heavy atom. The number of rotatable bonds is 6. The summed E-state index contributed by atoms with van der Waals surface area (Å²) < 4.78 is 0. The zero-order valence-corrected chi connectivity index (χ0v) is 7.23. The third kappa shape index (κ3) is 7.12. The van der Waals surface area contributed by atoms with Crippen LogP contribution in [-0.2, 0) is 4.79 Å². The minimum atomic E-state index is 0.363. The molecule has 0 aromatic heterocycles. The summed E-state index contributed by atoms with van der Waals surface area (Å²) in [7, 11) is 0. The fraction of sp³-hybridized carbons (Fsp3) is 0.700. The first-order valence-corrected chi connectivity index (χ1v) is 4.26. The lowest BCUT2D eigenvalue weighted by Crippen LogP contribution is -1.96. The molecule has 0 saturated heterocycles. The van der Waals surface area contributed by atoms with Gasteiger partial charge in [0.15, 0.2) is 0 Å². The molecular weight excluding hydrogens is 136 g/mol. The molecular formula is C10H16O. The molecule has 0 amide bonds. The first-order chi connectivity index (χ1) is 5.31. The largest absolute Gasteiger partial charge is 0.300 e. The number of carbonyl (C=O) groups excluding carboxylic acids is 1. The first kappa shape index (κ1) is 10.2. The van der Waals surface area contributed by atoms with Crippen LogP contribution in [0, 0.1) is 12.3 Å². The van der Waals surface area contributed by atoms with E-state index >= 15 is 0 Å². The lowest BCUT2D eigenvalue weighted by molar-refractivity contribution is -0.119. The number of ketones is 1. The summed E-state index contributed by atoms with van der Waals surface area (Å²) in [5.74, 6) is 2.89. The second-order valence-electron chi connectivity index (χ2n) is 2.70. The standard InChI is InChI=1S/C10H16O/c1-3-5-7-9-10(11)8-6-4-2/h1H,4-9H2,2H3. The van der Waals surface area contributed by atoms with Crippen molar-refractivity contribution < 1.29 is 4.79 Å². The van der Waals surface area contributed by atoms with E-state index in [9.17, 15) is 4.79 Å². The number of hydrogen-bond donors (Lipinski definition) is 0. The topological polar surface area (TPSA) is 17.1 Å². The lowest BCUT2D eigenvalue weighted by atomic mass is 10.1. The van der Waals surface area contributed by atoms with E-state index in [1.807, 2.05) is 0 Å². The summed E-state index contributed by atoms with van der Waals surface area (Å²) in [6.45, 7) is 2.09. The monoisotopic (exact) mass is 152 g/mol. The molecule has 0 N–H and O–H groups in total. The molecule has 0 aliphatic carbocycles. The quantitative estimate of drug-likeness (QED) is 0.422. The number of hydrogen-bond acceptors (Lipinski definition) is 1. The van der Waals surface area contributed by atoms with Crippen molar-refractivity contribution in [1.29, 1.82) is 0 Å². The minimum Gasteiger partial charge on any atom is -0.300 e. The van der Waals surface area contributed by atoms with Crippen molar-refractivity contribution in [1.82, 2.24) is 0 Å². The molecule has 0 heterocycles. The second kappa shape index (κ2) is 7.34. The third-order valence-electron chi connectivity index (χ3n) is 1.59. The van der Waals surface area contributed by atoms with Crippen molar-refractivity contribution in [3.8, 4) is 12.3 Å². The van der Waals surface area contributed by atoms with Crippen molar-refractivity contribution in [2.45, 2.75) is 45.4 Å². The first-order valence-electron chi connectivity index (χ1n) is 4.26. The Morgan fingerprint density at radius 1 is 1.36 bits per heavy atom. The van der Waals surface area contributed by atoms with Crippen LogP contribution in [0.25, 0.3) is 0 Å². The molecule has 0 aliphatic rings. The maximum absolute atomic E-state index is 11.0. The molecule has 0 aromatic carbocycles. The Balaban J connectivity index is 3.17. The molecule has 0 aliphatic heterocycles. The normalized spacial score (nSPS) is 9.09. The molecule has 1 heteroatoms. The highest BCUT2D eigenvalue weighted by atomic mass is 16.1. The number of unbranched alkanes of at least 4 members (excludes halogenated alkanes) is 2. The average Bonchev–Trinajstić information content (AvgIpc) is 2.01. The lowest BCUT2D eigenvalue weighted by Gasteiger charge is -1.96. The van der Waals surface area contributed by atoms with Gasteiger partial charge >= 0.3 is 0 Å². The van der Waals surface area contributed by atoms with E-state index in [2.05, 4.69) is 12.8 Å². The van der Waals surface area contributed by atoms with Gasteiger partial charge in [0, 0.05) is 19.3 Å². The molecule has 0 rings (SSSR count). The molecule has 0 fully saturated rings. The number of Topliss-reactive ketones (excluding diaryl/α,β-unsaturated/α-hetero) is 1. The highest BCUT2D eigenvalue weighted by Gasteiger charge is 1.98. The van der Waals surface area contributed by atoms with Gasteiger partial charge in [0.25, 0.3) is 0 Å². The molecule has 0 saturated carbocycles. The molecule has 1 nitrogen and oxygen atoms in total. The summed E-state index contributed by atoms with van der Waals surface area (Å²) in [5, 5.41) is 0.